The summed E-state index contributed by atoms with van der Waals surface area (Å²) in [7, 11) is 0. The van der Waals surface area contributed by atoms with Gasteiger partial charge in [-0.05, 0) is 12.8 Å². The van der Waals surface area contributed by atoms with Crippen LogP contribution in [0.1, 0.15) is 64.2 Å². The molecule has 0 aromatic rings. The van der Waals surface area contributed by atoms with Gasteiger partial charge in [0, 0.05) is 0 Å². The van der Waals surface area contributed by atoms with Gasteiger partial charge in [0.1, 0.15) is 0 Å². The van der Waals surface area contributed by atoms with Crippen LogP contribution in [0, 0.1) is 6.92 Å². The zero-order valence-corrected chi connectivity index (χ0v) is 11.9. The third-order valence-corrected chi connectivity index (χ3v) is 3.42. The minimum absolute atomic E-state index is 0.174. The van der Waals surface area contributed by atoms with E-state index in [-0.39, 0.29) is 6.42 Å². The summed E-state index contributed by atoms with van der Waals surface area (Å²) in [6.07, 6.45) is -7.60. The SMILES string of the molecule is [CH2]CCCCCCCCCCC(F)(C(F)(F)F)C(F)(F)F. The Morgan fingerprint density at radius 1 is 0.524 bits per heavy atom. The Bertz CT molecular complexity index is 253. The number of unbranched alkanes of at least 4 members (excludes halogenated alkanes) is 8. The van der Waals surface area contributed by atoms with E-state index in [1.807, 2.05) is 0 Å². The molecule has 7 heteroatoms. The molecule has 0 spiro atoms. The van der Waals surface area contributed by atoms with Gasteiger partial charge in [0.15, 0.2) is 0 Å². The van der Waals surface area contributed by atoms with E-state index in [4.69, 9.17) is 0 Å². The molecule has 0 atom stereocenters. The standard InChI is InChI=1S/C14H22F7/c1-2-3-4-5-6-7-8-9-10-11-12(15,13(16,17)18)14(19,20)21/h1-11H2. The summed E-state index contributed by atoms with van der Waals surface area (Å²) in [5.74, 6) is 0. The van der Waals surface area contributed by atoms with Crippen LogP contribution in [-0.4, -0.2) is 18.0 Å². The summed E-state index contributed by atoms with van der Waals surface area (Å²) < 4.78 is 86.8. The minimum Gasteiger partial charge on any atom is -0.224 e. The Balaban J connectivity index is 3.97. The van der Waals surface area contributed by atoms with Crippen molar-refractivity contribution in [3.63, 3.8) is 0 Å². The molecule has 0 aliphatic heterocycles. The second-order valence-corrected chi connectivity index (χ2v) is 5.23. The monoisotopic (exact) mass is 323 g/mol. The largest absolute Gasteiger partial charge is 0.431 e. The van der Waals surface area contributed by atoms with Gasteiger partial charge in [-0.1, -0.05) is 58.3 Å². The normalized spacial score (nSPS) is 13.7. The lowest BCUT2D eigenvalue weighted by Gasteiger charge is -2.29. The molecule has 0 nitrogen and oxygen atoms in total. The molecule has 0 aromatic heterocycles. The molecule has 0 rings (SSSR count). The predicted octanol–water partition coefficient (Wildman–Crippen LogP) is 6.55. The molecule has 0 aromatic carbocycles. The van der Waals surface area contributed by atoms with Crippen molar-refractivity contribution in [2.24, 2.45) is 0 Å². The van der Waals surface area contributed by atoms with Crippen LogP contribution < -0.4 is 0 Å². The van der Waals surface area contributed by atoms with Crippen LogP contribution in [0.25, 0.3) is 0 Å². The summed E-state index contributed by atoms with van der Waals surface area (Å²) in [6.45, 7) is 3.69. The Morgan fingerprint density at radius 2 is 0.857 bits per heavy atom. The lowest BCUT2D eigenvalue weighted by Crippen LogP contribution is -2.53. The molecule has 1 radical (unpaired) electrons. The Kier molecular flexibility index (Phi) is 8.63. The molecule has 0 saturated carbocycles. The van der Waals surface area contributed by atoms with Crippen molar-refractivity contribution in [2.45, 2.75) is 82.2 Å². The van der Waals surface area contributed by atoms with Gasteiger partial charge in [-0.25, -0.2) is 4.39 Å². The summed E-state index contributed by atoms with van der Waals surface area (Å²) in [4.78, 5) is 0. The van der Waals surface area contributed by atoms with Crippen molar-refractivity contribution < 1.29 is 30.7 Å². The van der Waals surface area contributed by atoms with E-state index < -0.39 is 30.9 Å². The van der Waals surface area contributed by atoms with Gasteiger partial charge in [0.2, 0.25) is 0 Å². The highest BCUT2D eigenvalue weighted by Gasteiger charge is 2.71. The zero-order chi connectivity index (χ0) is 16.6. The van der Waals surface area contributed by atoms with Crippen molar-refractivity contribution >= 4 is 0 Å². The second kappa shape index (κ2) is 8.83. The zero-order valence-electron chi connectivity index (χ0n) is 11.9. The van der Waals surface area contributed by atoms with Crippen LogP contribution in [0.5, 0.6) is 0 Å². The van der Waals surface area contributed by atoms with Gasteiger partial charge in [-0.15, -0.1) is 0 Å². The van der Waals surface area contributed by atoms with Crippen LogP contribution in [-0.2, 0) is 0 Å². The minimum atomic E-state index is -5.92. The highest BCUT2D eigenvalue weighted by atomic mass is 19.4. The van der Waals surface area contributed by atoms with E-state index in [2.05, 4.69) is 6.92 Å². The first-order chi connectivity index (χ1) is 9.56. The van der Waals surface area contributed by atoms with Crippen LogP contribution in [0.4, 0.5) is 30.7 Å². The highest BCUT2D eigenvalue weighted by Crippen LogP contribution is 2.49. The van der Waals surface area contributed by atoms with E-state index in [9.17, 15) is 30.7 Å². The summed E-state index contributed by atoms with van der Waals surface area (Å²) in [5.41, 5.74) is -5.09. The van der Waals surface area contributed by atoms with Crippen molar-refractivity contribution in [1.82, 2.24) is 0 Å². The quantitative estimate of drug-likeness (QED) is 0.316. The maximum absolute atomic E-state index is 13.3. The summed E-state index contributed by atoms with van der Waals surface area (Å²) in [5, 5.41) is 0. The molecule has 0 aliphatic rings. The Morgan fingerprint density at radius 3 is 1.19 bits per heavy atom. The molecule has 0 heterocycles. The molecule has 0 unspecified atom stereocenters. The Hall–Kier alpha value is -0.490. The molecule has 0 bridgehead atoms. The predicted molar refractivity (Wildman–Crippen MR) is 67.5 cm³/mol. The number of hydrogen-bond donors (Lipinski definition) is 0. The fraction of sp³-hybridized carbons (Fsp3) is 0.929. The molecular formula is C14H22F7. The van der Waals surface area contributed by atoms with E-state index in [0.717, 1.165) is 38.5 Å². The first-order valence-electron chi connectivity index (χ1n) is 7.18. The van der Waals surface area contributed by atoms with Gasteiger partial charge in [-0.3, -0.25) is 0 Å². The van der Waals surface area contributed by atoms with Crippen molar-refractivity contribution in [2.75, 3.05) is 0 Å². The van der Waals surface area contributed by atoms with E-state index >= 15 is 0 Å². The first-order valence-corrected chi connectivity index (χ1v) is 7.18. The average molecular weight is 323 g/mol. The molecule has 127 valence electrons. The van der Waals surface area contributed by atoms with E-state index in [0.29, 0.717) is 6.42 Å². The van der Waals surface area contributed by atoms with Crippen LogP contribution in [0.15, 0.2) is 0 Å². The lowest BCUT2D eigenvalue weighted by molar-refractivity contribution is -0.343. The fourth-order valence-corrected chi connectivity index (χ4v) is 2.05. The molecule has 21 heavy (non-hydrogen) atoms. The van der Waals surface area contributed by atoms with Crippen molar-refractivity contribution in [1.29, 1.82) is 0 Å². The average Bonchev–Trinajstić information content (AvgIpc) is 2.33. The van der Waals surface area contributed by atoms with Crippen LogP contribution in [0.2, 0.25) is 0 Å². The number of alkyl halides is 7. The van der Waals surface area contributed by atoms with Crippen molar-refractivity contribution in [3.05, 3.63) is 6.92 Å². The molecular weight excluding hydrogens is 301 g/mol. The van der Waals surface area contributed by atoms with Gasteiger partial charge in [0.25, 0.3) is 5.67 Å². The van der Waals surface area contributed by atoms with Crippen LogP contribution >= 0.6 is 0 Å². The third kappa shape index (κ3) is 6.87. The number of hydrogen-bond acceptors (Lipinski definition) is 0. The van der Waals surface area contributed by atoms with Crippen molar-refractivity contribution in [3.8, 4) is 0 Å². The summed E-state index contributed by atoms with van der Waals surface area (Å²) >= 11 is 0. The number of rotatable bonds is 10. The fourth-order valence-electron chi connectivity index (χ4n) is 2.05. The molecule has 0 amide bonds. The first kappa shape index (κ1) is 20.5. The molecule has 0 fully saturated rings. The van der Waals surface area contributed by atoms with Crippen LogP contribution in [0.3, 0.4) is 0 Å². The van der Waals surface area contributed by atoms with Gasteiger partial charge in [-0.2, -0.15) is 26.3 Å². The summed E-state index contributed by atoms with van der Waals surface area (Å²) in [6, 6.07) is 0. The second-order valence-electron chi connectivity index (χ2n) is 5.23. The Labute approximate surface area is 121 Å². The maximum atomic E-state index is 13.3. The smallest absolute Gasteiger partial charge is 0.224 e. The molecule has 0 saturated heterocycles. The van der Waals surface area contributed by atoms with Gasteiger partial charge < -0.3 is 0 Å². The van der Waals surface area contributed by atoms with Gasteiger partial charge in [0.05, 0.1) is 0 Å². The van der Waals surface area contributed by atoms with E-state index in [1.165, 1.54) is 0 Å². The maximum Gasteiger partial charge on any atom is 0.431 e. The third-order valence-electron chi connectivity index (χ3n) is 3.42. The topological polar surface area (TPSA) is 0 Å². The van der Waals surface area contributed by atoms with Gasteiger partial charge >= 0.3 is 12.4 Å². The highest BCUT2D eigenvalue weighted by molar-refractivity contribution is 4.94. The number of halogens is 7. The van der Waals surface area contributed by atoms with E-state index in [1.54, 1.807) is 0 Å². The molecule has 0 N–H and O–H groups in total. The molecule has 0 aliphatic carbocycles. The lowest BCUT2D eigenvalue weighted by atomic mass is 9.96.